The summed E-state index contributed by atoms with van der Waals surface area (Å²) in [7, 11) is 2.17. The zero-order chi connectivity index (χ0) is 17.0. The van der Waals surface area contributed by atoms with E-state index in [2.05, 4.69) is 29.1 Å². The third kappa shape index (κ3) is 4.18. The average molecular weight is 338 g/mol. The number of nitrogens with zero attached hydrogens (tertiary/aromatic N) is 2. The largest absolute Gasteiger partial charge is 0.368 e. The van der Waals surface area contributed by atoms with Gasteiger partial charge in [0.05, 0.1) is 0 Å². The molecule has 23 heavy (non-hydrogen) atoms. The number of carbonyl (C=O) groups is 1. The van der Waals surface area contributed by atoms with E-state index < -0.39 is 0 Å². The number of hydrogen-bond donors (Lipinski definition) is 1. The molecule has 4 nitrogen and oxygen atoms in total. The third-order valence-electron chi connectivity index (χ3n) is 4.71. The van der Waals surface area contributed by atoms with E-state index in [1.165, 1.54) is 0 Å². The van der Waals surface area contributed by atoms with Crippen molar-refractivity contribution in [2.45, 2.75) is 39.7 Å². The topological polar surface area (TPSA) is 35.6 Å². The molecule has 1 aromatic carbocycles. The van der Waals surface area contributed by atoms with Crippen molar-refractivity contribution in [1.29, 1.82) is 0 Å². The molecule has 1 fully saturated rings. The first-order valence-corrected chi connectivity index (χ1v) is 8.89. The van der Waals surface area contributed by atoms with Crippen molar-refractivity contribution >= 4 is 23.2 Å². The highest BCUT2D eigenvalue weighted by Gasteiger charge is 2.25. The van der Waals surface area contributed by atoms with Crippen molar-refractivity contribution < 1.29 is 4.79 Å². The molecule has 0 atom stereocenters. The van der Waals surface area contributed by atoms with E-state index >= 15 is 0 Å². The van der Waals surface area contributed by atoms with Gasteiger partial charge in [-0.15, -0.1) is 0 Å². The van der Waals surface area contributed by atoms with Gasteiger partial charge < -0.3 is 15.1 Å². The maximum atomic E-state index is 12.3. The minimum Gasteiger partial charge on any atom is -0.368 e. The van der Waals surface area contributed by atoms with Crippen LogP contribution in [0.3, 0.4) is 0 Å². The van der Waals surface area contributed by atoms with Crippen molar-refractivity contribution in [2.24, 2.45) is 0 Å². The van der Waals surface area contributed by atoms with Crippen molar-refractivity contribution in [2.75, 3.05) is 38.1 Å². The molecule has 0 aromatic heterocycles. The number of carbonyl (C=O) groups excluding carboxylic acids is 1. The number of amides is 1. The van der Waals surface area contributed by atoms with E-state index in [4.69, 9.17) is 11.6 Å². The maximum Gasteiger partial charge on any atom is 0.251 e. The van der Waals surface area contributed by atoms with Crippen LogP contribution in [-0.2, 0) is 0 Å². The molecule has 1 aromatic rings. The summed E-state index contributed by atoms with van der Waals surface area (Å²) in [6.07, 6.45) is 2.29. The van der Waals surface area contributed by atoms with Gasteiger partial charge in [0.2, 0.25) is 0 Å². The summed E-state index contributed by atoms with van der Waals surface area (Å²) in [5.41, 5.74) is 2.79. The lowest BCUT2D eigenvalue weighted by molar-refractivity contribution is 0.0955. The number of rotatable bonds is 5. The summed E-state index contributed by atoms with van der Waals surface area (Å²) >= 11 is 6.31. The first-order chi connectivity index (χ1) is 11.0. The molecular weight excluding hydrogens is 310 g/mol. The van der Waals surface area contributed by atoms with Gasteiger partial charge >= 0.3 is 0 Å². The second kappa shape index (κ2) is 8.02. The third-order valence-corrected chi connectivity index (χ3v) is 4.92. The Hall–Kier alpha value is -1.26. The molecule has 2 rings (SSSR count). The Bertz CT molecular complexity index is 553. The van der Waals surface area contributed by atoms with Gasteiger partial charge in [-0.1, -0.05) is 11.6 Å². The summed E-state index contributed by atoms with van der Waals surface area (Å²) in [6.45, 7) is 9.89. The number of likely N-dealkylation sites (tertiary alicyclic amines) is 1. The quantitative estimate of drug-likeness (QED) is 0.895. The molecule has 5 heteroatoms. The molecule has 1 saturated heterocycles. The van der Waals surface area contributed by atoms with Gasteiger partial charge in [0.15, 0.2) is 0 Å². The SMILES string of the molecule is CCNC(=O)c1cc(Cl)cc(N(CC)C2CCN(C)CC2)c1C. The fourth-order valence-corrected chi connectivity index (χ4v) is 3.60. The van der Waals surface area contributed by atoms with Gasteiger partial charge in [-0.25, -0.2) is 0 Å². The fraction of sp³-hybridized carbons (Fsp3) is 0.611. The maximum absolute atomic E-state index is 12.3. The predicted molar refractivity (Wildman–Crippen MR) is 97.7 cm³/mol. The van der Waals surface area contributed by atoms with Crippen LogP contribution in [0.25, 0.3) is 0 Å². The van der Waals surface area contributed by atoms with Gasteiger partial charge in [-0.3, -0.25) is 4.79 Å². The molecule has 1 amide bonds. The monoisotopic (exact) mass is 337 g/mol. The number of anilines is 1. The molecule has 0 radical (unpaired) electrons. The normalized spacial score (nSPS) is 16.4. The van der Waals surface area contributed by atoms with E-state index in [1.807, 2.05) is 19.9 Å². The Morgan fingerprint density at radius 3 is 2.57 bits per heavy atom. The van der Waals surface area contributed by atoms with Crippen LogP contribution in [-0.4, -0.2) is 50.1 Å². The van der Waals surface area contributed by atoms with E-state index in [0.29, 0.717) is 23.2 Å². The van der Waals surface area contributed by atoms with Crippen LogP contribution >= 0.6 is 11.6 Å². The Labute approximate surface area is 144 Å². The van der Waals surface area contributed by atoms with Crippen LogP contribution < -0.4 is 10.2 Å². The molecule has 128 valence electrons. The molecule has 0 bridgehead atoms. The smallest absolute Gasteiger partial charge is 0.251 e. The van der Waals surface area contributed by atoms with E-state index in [9.17, 15) is 4.79 Å². The number of halogens is 1. The minimum atomic E-state index is -0.0480. The minimum absolute atomic E-state index is 0.0480. The summed E-state index contributed by atoms with van der Waals surface area (Å²) in [5.74, 6) is -0.0480. The van der Waals surface area contributed by atoms with Crippen LogP contribution in [0.15, 0.2) is 12.1 Å². The van der Waals surface area contributed by atoms with E-state index in [1.54, 1.807) is 6.07 Å². The molecular formula is C18H28ClN3O. The van der Waals surface area contributed by atoms with Crippen LogP contribution in [0.2, 0.25) is 5.02 Å². The van der Waals surface area contributed by atoms with Crippen molar-refractivity contribution in [1.82, 2.24) is 10.2 Å². The van der Waals surface area contributed by atoms with E-state index in [-0.39, 0.29) is 5.91 Å². The molecule has 1 aliphatic heterocycles. The first kappa shape index (κ1) is 18.1. The Morgan fingerprint density at radius 1 is 1.35 bits per heavy atom. The Morgan fingerprint density at radius 2 is 2.00 bits per heavy atom. The van der Waals surface area contributed by atoms with Gasteiger partial charge in [-0.05, 0) is 71.4 Å². The molecule has 0 unspecified atom stereocenters. The van der Waals surface area contributed by atoms with Crippen LogP contribution in [0.1, 0.15) is 42.6 Å². The molecule has 0 spiro atoms. The number of nitrogens with one attached hydrogen (secondary N) is 1. The van der Waals surface area contributed by atoms with E-state index in [0.717, 1.165) is 43.7 Å². The van der Waals surface area contributed by atoms with Crippen LogP contribution in [0, 0.1) is 6.92 Å². The summed E-state index contributed by atoms with van der Waals surface area (Å²) in [4.78, 5) is 17.1. The lowest BCUT2D eigenvalue weighted by Gasteiger charge is -2.39. The summed E-state index contributed by atoms with van der Waals surface area (Å²) < 4.78 is 0. The second-order valence-corrected chi connectivity index (χ2v) is 6.71. The highest BCUT2D eigenvalue weighted by atomic mass is 35.5. The molecule has 1 N–H and O–H groups in total. The summed E-state index contributed by atoms with van der Waals surface area (Å²) in [5, 5.41) is 3.50. The standard InChI is InChI=1S/C18H28ClN3O/c1-5-20-18(23)16-11-14(19)12-17(13(16)3)22(6-2)15-7-9-21(4)10-8-15/h11-12,15H,5-10H2,1-4H3,(H,20,23). The highest BCUT2D eigenvalue weighted by Crippen LogP contribution is 2.31. The van der Waals surface area contributed by atoms with Crippen molar-refractivity contribution in [3.63, 3.8) is 0 Å². The summed E-state index contributed by atoms with van der Waals surface area (Å²) in [6, 6.07) is 4.28. The van der Waals surface area contributed by atoms with Gasteiger partial charge in [0.1, 0.15) is 0 Å². The zero-order valence-electron chi connectivity index (χ0n) is 14.7. The number of piperidine rings is 1. The van der Waals surface area contributed by atoms with Gasteiger partial charge in [0.25, 0.3) is 5.91 Å². The van der Waals surface area contributed by atoms with Gasteiger partial charge in [0, 0.05) is 35.4 Å². The number of benzene rings is 1. The van der Waals surface area contributed by atoms with Gasteiger partial charge in [-0.2, -0.15) is 0 Å². The average Bonchev–Trinajstić information content (AvgIpc) is 2.53. The molecule has 1 aliphatic rings. The molecule has 0 saturated carbocycles. The number of hydrogen-bond acceptors (Lipinski definition) is 3. The Balaban J connectivity index is 2.34. The molecule has 0 aliphatic carbocycles. The second-order valence-electron chi connectivity index (χ2n) is 6.28. The Kier molecular flexibility index (Phi) is 6.31. The highest BCUT2D eigenvalue weighted by molar-refractivity contribution is 6.31. The fourth-order valence-electron chi connectivity index (χ4n) is 3.39. The molecule has 1 heterocycles. The lowest BCUT2D eigenvalue weighted by Crippen LogP contribution is -2.44. The predicted octanol–water partition coefficient (Wildman–Crippen LogP) is 3.32. The lowest BCUT2D eigenvalue weighted by atomic mass is 9.99. The first-order valence-electron chi connectivity index (χ1n) is 8.51. The van der Waals surface area contributed by atoms with Crippen molar-refractivity contribution in [3.8, 4) is 0 Å². The zero-order valence-corrected chi connectivity index (χ0v) is 15.4. The van der Waals surface area contributed by atoms with Crippen LogP contribution in [0.5, 0.6) is 0 Å². The van der Waals surface area contributed by atoms with Crippen molar-refractivity contribution in [3.05, 3.63) is 28.3 Å². The van der Waals surface area contributed by atoms with Crippen LogP contribution in [0.4, 0.5) is 5.69 Å².